The van der Waals surface area contributed by atoms with Crippen LogP contribution in [0.1, 0.15) is 27.2 Å². The van der Waals surface area contributed by atoms with Gasteiger partial charge in [-0.3, -0.25) is 0 Å². The number of hydrogen-bond donors (Lipinski definition) is 2. The SMILES string of the molecule is CC1CC(OC(C)(C)O)C(CO)O1. The lowest BCUT2D eigenvalue weighted by Crippen LogP contribution is -2.36. The van der Waals surface area contributed by atoms with Gasteiger partial charge in [0.05, 0.1) is 18.8 Å². The zero-order valence-corrected chi connectivity index (χ0v) is 8.36. The lowest BCUT2D eigenvalue weighted by Gasteiger charge is -2.25. The number of aliphatic hydroxyl groups excluding tert-OH is 1. The van der Waals surface area contributed by atoms with Crippen LogP contribution in [0.2, 0.25) is 0 Å². The first-order valence-corrected chi connectivity index (χ1v) is 4.59. The van der Waals surface area contributed by atoms with Gasteiger partial charge in [-0.2, -0.15) is 0 Å². The van der Waals surface area contributed by atoms with Gasteiger partial charge in [0.15, 0.2) is 5.79 Å². The second-order valence-electron chi connectivity index (χ2n) is 4.01. The van der Waals surface area contributed by atoms with Gasteiger partial charge in [-0.05, 0) is 20.8 Å². The molecule has 0 aromatic heterocycles. The van der Waals surface area contributed by atoms with Crippen molar-refractivity contribution in [2.45, 2.75) is 51.3 Å². The van der Waals surface area contributed by atoms with E-state index in [1.807, 2.05) is 6.92 Å². The third-order valence-corrected chi connectivity index (χ3v) is 2.01. The molecule has 4 heteroatoms. The molecule has 1 aliphatic rings. The molecule has 3 atom stereocenters. The van der Waals surface area contributed by atoms with Crippen molar-refractivity contribution in [2.75, 3.05) is 6.61 Å². The molecule has 2 N–H and O–H groups in total. The van der Waals surface area contributed by atoms with Gasteiger partial charge in [0.1, 0.15) is 6.10 Å². The van der Waals surface area contributed by atoms with Crippen molar-refractivity contribution in [3.05, 3.63) is 0 Å². The molecular weight excluding hydrogens is 172 g/mol. The van der Waals surface area contributed by atoms with Crippen LogP contribution in [0, 0.1) is 0 Å². The van der Waals surface area contributed by atoms with Gasteiger partial charge in [-0.15, -0.1) is 0 Å². The van der Waals surface area contributed by atoms with Crippen LogP contribution in [-0.2, 0) is 9.47 Å². The van der Waals surface area contributed by atoms with Gasteiger partial charge in [0.2, 0.25) is 0 Å². The molecule has 1 fully saturated rings. The van der Waals surface area contributed by atoms with E-state index >= 15 is 0 Å². The van der Waals surface area contributed by atoms with Crippen LogP contribution in [0.25, 0.3) is 0 Å². The van der Waals surface area contributed by atoms with Crippen LogP contribution < -0.4 is 0 Å². The summed E-state index contributed by atoms with van der Waals surface area (Å²) in [5, 5.41) is 18.4. The Morgan fingerprint density at radius 2 is 2.15 bits per heavy atom. The van der Waals surface area contributed by atoms with Crippen molar-refractivity contribution in [1.82, 2.24) is 0 Å². The molecule has 1 rings (SSSR count). The zero-order valence-electron chi connectivity index (χ0n) is 8.36. The predicted octanol–water partition coefficient (Wildman–Crippen LogP) is 0.270. The lowest BCUT2D eigenvalue weighted by atomic mass is 10.1. The smallest absolute Gasteiger partial charge is 0.160 e. The topological polar surface area (TPSA) is 58.9 Å². The number of hydrogen-bond acceptors (Lipinski definition) is 4. The molecule has 0 radical (unpaired) electrons. The summed E-state index contributed by atoms with van der Waals surface area (Å²) < 4.78 is 10.7. The average molecular weight is 190 g/mol. The predicted molar refractivity (Wildman–Crippen MR) is 47.2 cm³/mol. The monoisotopic (exact) mass is 190 g/mol. The Bertz CT molecular complexity index is 163. The van der Waals surface area contributed by atoms with Crippen molar-refractivity contribution in [1.29, 1.82) is 0 Å². The number of aliphatic hydroxyl groups is 2. The maximum absolute atomic E-state index is 9.42. The van der Waals surface area contributed by atoms with Crippen LogP contribution in [0.5, 0.6) is 0 Å². The molecule has 0 bridgehead atoms. The third-order valence-electron chi connectivity index (χ3n) is 2.01. The molecule has 0 aromatic rings. The molecule has 1 aliphatic heterocycles. The molecule has 78 valence electrons. The van der Waals surface area contributed by atoms with Gasteiger partial charge < -0.3 is 19.7 Å². The first kappa shape index (κ1) is 10.9. The van der Waals surface area contributed by atoms with Crippen LogP contribution in [-0.4, -0.2) is 40.9 Å². The highest BCUT2D eigenvalue weighted by atomic mass is 16.6. The van der Waals surface area contributed by atoms with E-state index < -0.39 is 5.79 Å². The molecule has 0 spiro atoms. The van der Waals surface area contributed by atoms with Crippen molar-refractivity contribution < 1.29 is 19.7 Å². The second-order valence-corrected chi connectivity index (χ2v) is 4.01. The maximum Gasteiger partial charge on any atom is 0.160 e. The van der Waals surface area contributed by atoms with Crippen molar-refractivity contribution in [2.24, 2.45) is 0 Å². The number of rotatable bonds is 3. The van der Waals surface area contributed by atoms with E-state index in [0.717, 1.165) is 6.42 Å². The van der Waals surface area contributed by atoms with E-state index in [9.17, 15) is 5.11 Å². The summed E-state index contributed by atoms with van der Waals surface area (Å²) in [7, 11) is 0. The Kier molecular flexibility index (Phi) is 3.29. The summed E-state index contributed by atoms with van der Waals surface area (Å²) in [4.78, 5) is 0. The largest absolute Gasteiger partial charge is 0.394 e. The van der Waals surface area contributed by atoms with Crippen LogP contribution in [0.15, 0.2) is 0 Å². The fraction of sp³-hybridized carbons (Fsp3) is 1.00. The zero-order chi connectivity index (χ0) is 10.1. The fourth-order valence-electron chi connectivity index (χ4n) is 1.58. The minimum atomic E-state index is -1.16. The van der Waals surface area contributed by atoms with Crippen LogP contribution in [0.4, 0.5) is 0 Å². The highest BCUT2D eigenvalue weighted by Crippen LogP contribution is 2.25. The van der Waals surface area contributed by atoms with Crippen molar-refractivity contribution >= 4 is 0 Å². The Morgan fingerprint density at radius 1 is 1.54 bits per heavy atom. The Labute approximate surface area is 78.5 Å². The Balaban J connectivity index is 2.49. The quantitative estimate of drug-likeness (QED) is 0.627. The van der Waals surface area contributed by atoms with Gasteiger partial charge in [0.25, 0.3) is 0 Å². The first-order chi connectivity index (χ1) is 5.92. The molecule has 3 unspecified atom stereocenters. The Morgan fingerprint density at radius 3 is 2.62 bits per heavy atom. The summed E-state index contributed by atoms with van der Waals surface area (Å²) in [6, 6.07) is 0. The molecule has 13 heavy (non-hydrogen) atoms. The average Bonchev–Trinajstić information content (AvgIpc) is 2.27. The van der Waals surface area contributed by atoms with Crippen molar-refractivity contribution in [3.8, 4) is 0 Å². The molecule has 4 nitrogen and oxygen atoms in total. The normalized spacial score (nSPS) is 35.3. The fourth-order valence-corrected chi connectivity index (χ4v) is 1.58. The second kappa shape index (κ2) is 3.92. The maximum atomic E-state index is 9.42. The van der Waals surface area contributed by atoms with E-state index in [1.54, 1.807) is 13.8 Å². The standard InChI is InChI=1S/C9H18O4/c1-6-4-7(8(5-10)12-6)13-9(2,3)11/h6-8,10-11H,4-5H2,1-3H3. The molecule has 1 heterocycles. The van der Waals surface area contributed by atoms with Gasteiger partial charge in [-0.25, -0.2) is 0 Å². The third kappa shape index (κ3) is 3.23. The van der Waals surface area contributed by atoms with Gasteiger partial charge >= 0.3 is 0 Å². The molecule has 0 aromatic carbocycles. The minimum Gasteiger partial charge on any atom is -0.394 e. The highest BCUT2D eigenvalue weighted by molar-refractivity contribution is 4.81. The summed E-state index contributed by atoms with van der Waals surface area (Å²) >= 11 is 0. The van der Waals surface area contributed by atoms with E-state index in [2.05, 4.69) is 0 Å². The molecule has 0 aliphatic carbocycles. The molecule has 1 saturated heterocycles. The van der Waals surface area contributed by atoms with E-state index in [-0.39, 0.29) is 24.9 Å². The summed E-state index contributed by atoms with van der Waals surface area (Å²) in [5.41, 5.74) is 0. The Hall–Kier alpha value is -0.160. The van der Waals surface area contributed by atoms with Crippen molar-refractivity contribution in [3.63, 3.8) is 0 Å². The van der Waals surface area contributed by atoms with Gasteiger partial charge in [-0.1, -0.05) is 0 Å². The number of ether oxygens (including phenoxy) is 2. The lowest BCUT2D eigenvalue weighted by molar-refractivity contribution is -0.216. The van der Waals surface area contributed by atoms with Crippen LogP contribution in [0.3, 0.4) is 0 Å². The summed E-state index contributed by atoms with van der Waals surface area (Å²) in [5.74, 6) is -1.16. The molecule has 0 saturated carbocycles. The van der Waals surface area contributed by atoms with Crippen LogP contribution >= 0.6 is 0 Å². The van der Waals surface area contributed by atoms with Gasteiger partial charge in [0, 0.05) is 6.42 Å². The summed E-state index contributed by atoms with van der Waals surface area (Å²) in [6.07, 6.45) is 0.292. The first-order valence-electron chi connectivity index (χ1n) is 4.59. The summed E-state index contributed by atoms with van der Waals surface area (Å²) in [6.45, 7) is 5.01. The van der Waals surface area contributed by atoms with E-state index in [4.69, 9.17) is 14.6 Å². The van der Waals surface area contributed by atoms with E-state index in [0.29, 0.717) is 0 Å². The molecular formula is C9H18O4. The minimum absolute atomic E-state index is 0.0644. The van der Waals surface area contributed by atoms with E-state index in [1.165, 1.54) is 0 Å². The highest BCUT2D eigenvalue weighted by Gasteiger charge is 2.36. The molecule has 0 amide bonds.